The van der Waals surface area contributed by atoms with Gasteiger partial charge < -0.3 is 20.5 Å². The van der Waals surface area contributed by atoms with Crippen LogP contribution >= 0.6 is 0 Å². The lowest BCUT2D eigenvalue weighted by Gasteiger charge is -2.10. The van der Waals surface area contributed by atoms with Crippen LogP contribution in [-0.2, 0) is 19.1 Å². The van der Waals surface area contributed by atoms with Crippen LogP contribution in [-0.4, -0.2) is 38.2 Å². The molecular weight excluding hydrogens is 260 g/mol. The molecule has 0 unspecified atom stereocenters. The van der Waals surface area contributed by atoms with Gasteiger partial charge >= 0.3 is 11.9 Å². The molecule has 20 heavy (non-hydrogen) atoms. The van der Waals surface area contributed by atoms with Gasteiger partial charge in [0.2, 0.25) is 0 Å². The highest BCUT2D eigenvalue weighted by molar-refractivity contribution is 5.95. The van der Waals surface area contributed by atoms with Crippen LogP contribution in [0.25, 0.3) is 0 Å². The first kappa shape index (κ1) is 18.4. The second-order valence-electron chi connectivity index (χ2n) is 4.28. The smallest absolute Gasteiger partial charge is 0.354 e. The Labute approximate surface area is 120 Å². The lowest BCUT2D eigenvalue weighted by atomic mass is 10.3. The van der Waals surface area contributed by atoms with Crippen molar-refractivity contribution in [2.45, 2.75) is 39.5 Å². The molecule has 0 amide bonds. The number of nitrogens with one attached hydrogen (secondary N) is 1. The normalized spacial score (nSPS) is 11.1. The van der Waals surface area contributed by atoms with Crippen molar-refractivity contribution in [1.82, 2.24) is 5.32 Å². The van der Waals surface area contributed by atoms with E-state index in [1.165, 1.54) is 0 Å². The summed E-state index contributed by atoms with van der Waals surface area (Å²) in [5.74, 6) is -1.11. The molecule has 0 aromatic rings. The fourth-order valence-corrected chi connectivity index (χ4v) is 1.25. The molecule has 3 N–H and O–H groups in total. The first-order valence-electron chi connectivity index (χ1n) is 7.15. The monoisotopic (exact) mass is 286 g/mol. The number of carbonyl (C=O) groups is 2. The molecule has 0 aromatic heterocycles. The Morgan fingerprint density at radius 3 is 2.25 bits per heavy atom. The maximum Gasteiger partial charge on any atom is 0.354 e. The molecule has 0 saturated carbocycles. The van der Waals surface area contributed by atoms with Gasteiger partial charge in [0.25, 0.3) is 0 Å². The van der Waals surface area contributed by atoms with E-state index in [2.05, 4.69) is 5.32 Å². The molecule has 0 saturated heterocycles. The van der Waals surface area contributed by atoms with Gasteiger partial charge in [-0.15, -0.1) is 0 Å². The van der Waals surface area contributed by atoms with E-state index in [-0.39, 0.29) is 5.70 Å². The van der Waals surface area contributed by atoms with Crippen molar-refractivity contribution in [3.8, 4) is 0 Å². The molecule has 6 nitrogen and oxygen atoms in total. The van der Waals surface area contributed by atoms with Gasteiger partial charge in [0.15, 0.2) is 0 Å². The van der Waals surface area contributed by atoms with Crippen LogP contribution < -0.4 is 11.1 Å². The number of hydrogen-bond donors (Lipinski definition) is 2. The summed E-state index contributed by atoms with van der Waals surface area (Å²) in [5, 5.41) is 2.78. The Hall–Kier alpha value is -1.56. The van der Waals surface area contributed by atoms with Crippen LogP contribution in [0.4, 0.5) is 0 Å². The zero-order valence-electron chi connectivity index (χ0n) is 12.4. The van der Waals surface area contributed by atoms with E-state index in [1.54, 1.807) is 0 Å². The van der Waals surface area contributed by atoms with Crippen molar-refractivity contribution < 1.29 is 19.1 Å². The summed E-state index contributed by atoms with van der Waals surface area (Å²) in [4.78, 5) is 23.3. The topological polar surface area (TPSA) is 90.6 Å². The molecule has 0 rings (SSSR count). The van der Waals surface area contributed by atoms with E-state index >= 15 is 0 Å². The van der Waals surface area contributed by atoms with Crippen LogP contribution in [0.15, 0.2) is 11.8 Å². The minimum absolute atomic E-state index is 0.0908. The summed E-state index contributed by atoms with van der Waals surface area (Å²) >= 11 is 0. The van der Waals surface area contributed by atoms with E-state index < -0.39 is 11.9 Å². The number of ether oxygens (including phenoxy) is 2. The molecule has 0 heterocycles. The van der Waals surface area contributed by atoms with Crippen molar-refractivity contribution >= 4 is 11.9 Å². The highest BCUT2D eigenvalue weighted by atomic mass is 16.5. The molecule has 0 aliphatic carbocycles. The average Bonchev–Trinajstić information content (AvgIpc) is 2.43. The summed E-state index contributed by atoms with van der Waals surface area (Å²) in [5.41, 5.74) is 5.46. The van der Waals surface area contributed by atoms with Gasteiger partial charge in [0.05, 0.1) is 19.3 Å². The summed E-state index contributed by atoms with van der Waals surface area (Å²) in [6.07, 6.45) is 4.58. The molecule has 0 bridgehead atoms. The van der Waals surface area contributed by atoms with E-state index in [9.17, 15) is 9.59 Å². The zero-order valence-corrected chi connectivity index (χ0v) is 12.4. The Bertz CT molecular complexity index is 316. The predicted molar refractivity (Wildman–Crippen MR) is 76.9 cm³/mol. The van der Waals surface area contributed by atoms with Crippen molar-refractivity contribution in [3.05, 3.63) is 11.8 Å². The number of nitrogens with two attached hydrogens (primary N) is 1. The quantitative estimate of drug-likeness (QED) is 0.336. The van der Waals surface area contributed by atoms with Gasteiger partial charge in [-0.1, -0.05) is 26.7 Å². The molecule has 116 valence electrons. The van der Waals surface area contributed by atoms with Crippen molar-refractivity contribution in [3.63, 3.8) is 0 Å². The van der Waals surface area contributed by atoms with Gasteiger partial charge in [-0.25, -0.2) is 9.59 Å². The maximum absolute atomic E-state index is 11.8. The highest BCUT2D eigenvalue weighted by Gasteiger charge is 2.13. The standard InChI is InChI=1S/C14H26N2O4/c1-3-5-9-19-13(17)11-12(16-8-7-15)14(18)20-10-6-4-2/h11,16H,3-10,15H2,1-2H3/b12-11+. The van der Waals surface area contributed by atoms with E-state index in [0.717, 1.165) is 31.8 Å². The SMILES string of the molecule is CCCCOC(=O)/C=C(/NCCN)C(=O)OCCCC. The molecule has 6 heteroatoms. The lowest BCUT2D eigenvalue weighted by Crippen LogP contribution is -2.28. The number of hydrogen-bond acceptors (Lipinski definition) is 6. The number of rotatable bonds is 11. The molecule has 0 aliphatic heterocycles. The number of carbonyl (C=O) groups excluding carboxylic acids is 2. The molecule has 0 atom stereocenters. The van der Waals surface area contributed by atoms with E-state index in [1.807, 2.05) is 13.8 Å². The summed E-state index contributed by atoms with van der Waals surface area (Å²) in [6.45, 7) is 5.43. The van der Waals surface area contributed by atoms with Gasteiger partial charge in [-0.05, 0) is 12.8 Å². The van der Waals surface area contributed by atoms with Crippen molar-refractivity contribution in [1.29, 1.82) is 0 Å². The molecule has 0 fully saturated rings. The second-order valence-corrected chi connectivity index (χ2v) is 4.28. The van der Waals surface area contributed by atoms with Crippen molar-refractivity contribution in [2.75, 3.05) is 26.3 Å². The van der Waals surface area contributed by atoms with Gasteiger partial charge in [0, 0.05) is 13.1 Å². The largest absolute Gasteiger partial charge is 0.462 e. The molecule has 0 spiro atoms. The van der Waals surface area contributed by atoms with Crippen molar-refractivity contribution in [2.24, 2.45) is 5.73 Å². The maximum atomic E-state index is 11.8. The van der Waals surface area contributed by atoms with Crippen LogP contribution in [0.2, 0.25) is 0 Å². The number of esters is 2. The average molecular weight is 286 g/mol. The second kappa shape index (κ2) is 12.5. The fourth-order valence-electron chi connectivity index (χ4n) is 1.25. The third-order valence-electron chi connectivity index (χ3n) is 2.42. The molecular formula is C14H26N2O4. The Morgan fingerprint density at radius 1 is 1.10 bits per heavy atom. The highest BCUT2D eigenvalue weighted by Crippen LogP contribution is 1.99. The minimum atomic E-state index is -0.556. The Balaban J connectivity index is 4.43. The summed E-state index contributed by atoms with van der Waals surface area (Å²) < 4.78 is 10.0. The number of unbranched alkanes of at least 4 members (excludes halogenated alkanes) is 2. The third kappa shape index (κ3) is 9.38. The zero-order chi connectivity index (χ0) is 15.2. The Morgan fingerprint density at radius 2 is 1.70 bits per heavy atom. The van der Waals surface area contributed by atoms with E-state index in [4.69, 9.17) is 15.2 Å². The van der Waals surface area contributed by atoms with Crippen LogP contribution in [0.1, 0.15) is 39.5 Å². The third-order valence-corrected chi connectivity index (χ3v) is 2.42. The van der Waals surface area contributed by atoms with Crippen LogP contribution in [0.5, 0.6) is 0 Å². The van der Waals surface area contributed by atoms with Crippen LogP contribution in [0.3, 0.4) is 0 Å². The molecule has 0 aliphatic rings. The summed E-state index contributed by atoms with van der Waals surface area (Å²) in [6, 6.07) is 0. The first-order chi connectivity index (χ1) is 9.65. The predicted octanol–water partition coefficient (Wildman–Crippen LogP) is 1.11. The molecule has 0 radical (unpaired) electrons. The van der Waals surface area contributed by atoms with Gasteiger partial charge in [-0.3, -0.25) is 0 Å². The molecule has 0 aromatic carbocycles. The minimum Gasteiger partial charge on any atom is -0.462 e. The van der Waals surface area contributed by atoms with Gasteiger partial charge in [0.1, 0.15) is 5.70 Å². The Kier molecular flexibility index (Phi) is 11.5. The van der Waals surface area contributed by atoms with Gasteiger partial charge in [-0.2, -0.15) is 0 Å². The van der Waals surface area contributed by atoms with Crippen LogP contribution in [0, 0.1) is 0 Å². The van der Waals surface area contributed by atoms with E-state index in [0.29, 0.717) is 26.3 Å². The summed E-state index contributed by atoms with van der Waals surface area (Å²) in [7, 11) is 0. The lowest BCUT2D eigenvalue weighted by molar-refractivity contribution is -0.142. The fraction of sp³-hybridized carbons (Fsp3) is 0.714. The first-order valence-corrected chi connectivity index (χ1v) is 7.15.